The van der Waals surface area contributed by atoms with Gasteiger partial charge in [0.1, 0.15) is 0 Å². The largest absolute Gasteiger partial charge is 0.454 e. The summed E-state index contributed by atoms with van der Waals surface area (Å²) < 4.78 is 38.8. The molecule has 1 fully saturated rings. The van der Waals surface area contributed by atoms with Crippen LogP contribution in [0.2, 0.25) is 0 Å². The summed E-state index contributed by atoms with van der Waals surface area (Å²) in [6, 6.07) is 9.03. The molecule has 1 aromatic heterocycles. The van der Waals surface area contributed by atoms with Crippen molar-refractivity contribution in [1.82, 2.24) is 30.0 Å². The Morgan fingerprint density at radius 2 is 1.82 bits per heavy atom. The molecule has 1 amide bonds. The molecule has 2 aliphatic rings. The molecule has 5 rings (SSSR count). The van der Waals surface area contributed by atoms with E-state index in [1.54, 1.807) is 17.1 Å². The van der Waals surface area contributed by atoms with Crippen LogP contribution in [-0.4, -0.2) is 68.9 Å². The van der Waals surface area contributed by atoms with Crippen molar-refractivity contribution >= 4 is 12.0 Å². The number of aromatic nitrogens is 4. The summed E-state index contributed by atoms with van der Waals surface area (Å²) in [5.41, 5.74) is 1.20. The lowest BCUT2D eigenvalue weighted by atomic mass is 10.2. The second-order valence-electron chi connectivity index (χ2n) is 7.65. The van der Waals surface area contributed by atoms with Gasteiger partial charge in [-0.1, -0.05) is 6.07 Å². The lowest BCUT2D eigenvalue weighted by Crippen LogP contribution is -2.48. The quantitative estimate of drug-likeness (QED) is 0.546. The highest BCUT2D eigenvalue weighted by molar-refractivity contribution is 5.92. The first-order valence-electron chi connectivity index (χ1n) is 10.4. The third-order valence-corrected chi connectivity index (χ3v) is 5.55. The maximum absolute atomic E-state index is 13.6. The van der Waals surface area contributed by atoms with Crippen LogP contribution >= 0.6 is 0 Å². The number of rotatable bonds is 5. The molecule has 3 aromatic rings. The predicted octanol–water partition coefficient (Wildman–Crippen LogP) is 2.03. The normalized spacial score (nSPS) is 16.0. The van der Waals surface area contributed by atoms with E-state index in [9.17, 15) is 13.6 Å². The van der Waals surface area contributed by atoms with Gasteiger partial charge in [-0.3, -0.25) is 9.69 Å². The van der Waals surface area contributed by atoms with Gasteiger partial charge in [-0.25, -0.2) is 8.78 Å². The molecule has 33 heavy (non-hydrogen) atoms. The zero-order chi connectivity index (χ0) is 22.8. The van der Waals surface area contributed by atoms with Gasteiger partial charge in [0.05, 0.1) is 12.2 Å². The van der Waals surface area contributed by atoms with E-state index in [1.807, 2.05) is 18.2 Å². The van der Waals surface area contributed by atoms with Gasteiger partial charge in [0.15, 0.2) is 29.0 Å². The molecule has 2 aliphatic heterocycles. The van der Waals surface area contributed by atoms with Crippen LogP contribution in [0.5, 0.6) is 11.5 Å². The molecule has 0 unspecified atom stereocenters. The summed E-state index contributed by atoms with van der Waals surface area (Å²) in [6.45, 7) is 3.00. The summed E-state index contributed by atoms with van der Waals surface area (Å²) >= 11 is 0. The first-order valence-corrected chi connectivity index (χ1v) is 10.4. The van der Waals surface area contributed by atoms with E-state index in [2.05, 4.69) is 20.4 Å². The predicted molar refractivity (Wildman–Crippen MR) is 113 cm³/mol. The minimum absolute atomic E-state index is 0.0704. The lowest BCUT2D eigenvalue weighted by Gasteiger charge is -2.33. The van der Waals surface area contributed by atoms with Gasteiger partial charge in [0.25, 0.3) is 0 Å². The molecule has 9 nitrogen and oxygen atoms in total. The summed E-state index contributed by atoms with van der Waals surface area (Å²) in [7, 11) is 0. The fourth-order valence-corrected chi connectivity index (χ4v) is 3.74. The number of halogens is 2. The first-order chi connectivity index (χ1) is 16.1. The molecule has 3 heterocycles. The van der Waals surface area contributed by atoms with E-state index in [4.69, 9.17) is 9.47 Å². The van der Waals surface area contributed by atoms with Crippen molar-refractivity contribution in [3.8, 4) is 17.2 Å². The van der Waals surface area contributed by atoms with Crippen molar-refractivity contribution in [3.05, 3.63) is 65.5 Å². The van der Waals surface area contributed by atoms with Crippen LogP contribution in [0.3, 0.4) is 0 Å². The molecule has 0 bridgehead atoms. The second-order valence-corrected chi connectivity index (χ2v) is 7.65. The van der Waals surface area contributed by atoms with Crippen LogP contribution in [0.4, 0.5) is 8.78 Å². The van der Waals surface area contributed by atoms with Crippen LogP contribution in [-0.2, 0) is 11.3 Å². The van der Waals surface area contributed by atoms with Crippen molar-refractivity contribution in [2.45, 2.75) is 6.54 Å². The van der Waals surface area contributed by atoms with Crippen molar-refractivity contribution in [1.29, 1.82) is 0 Å². The highest BCUT2D eigenvalue weighted by Gasteiger charge is 2.22. The highest BCUT2D eigenvalue weighted by Crippen LogP contribution is 2.32. The SMILES string of the molecule is O=C(/C=C\c1ccc2c(c1)OCO2)N1CCN(Cc2nnnn2-c2ccc(F)c(F)c2)CC1. The molecule has 11 heteroatoms. The Hall–Kier alpha value is -3.86. The number of amides is 1. The van der Waals surface area contributed by atoms with Gasteiger partial charge in [-0.15, -0.1) is 5.10 Å². The lowest BCUT2D eigenvalue weighted by molar-refractivity contribution is -0.127. The van der Waals surface area contributed by atoms with Crippen LogP contribution in [0.15, 0.2) is 42.5 Å². The first kappa shape index (κ1) is 21.0. The number of nitrogens with zero attached hydrogens (tertiary/aromatic N) is 6. The molecule has 0 aliphatic carbocycles. The summed E-state index contributed by atoms with van der Waals surface area (Å²) in [6.07, 6.45) is 3.31. The van der Waals surface area contributed by atoms with Crippen LogP contribution in [0, 0.1) is 11.6 Å². The molecular weight excluding hydrogens is 434 g/mol. The summed E-state index contributed by atoms with van der Waals surface area (Å²) in [5.74, 6) is -0.0897. The van der Waals surface area contributed by atoms with Crippen LogP contribution < -0.4 is 9.47 Å². The van der Waals surface area contributed by atoms with Crippen molar-refractivity contribution in [2.24, 2.45) is 0 Å². The average Bonchev–Trinajstić information content (AvgIpc) is 3.49. The van der Waals surface area contributed by atoms with Crippen LogP contribution in [0.25, 0.3) is 11.8 Å². The number of piperazine rings is 1. The number of hydrogen-bond donors (Lipinski definition) is 0. The Morgan fingerprint density at radius 3 is 2.64 bits per heavy atom. The molecular formula is C22H20F2N6O3. The molecule has 0 spiro atoms. The van der Waals surface area contributed by atoms with Crippen molar-refractivity contribution in [3.63, 3.8) is 0 Å². The van der Waals surface area contributed by atoms with E-state index in [-0.39, 0.29) is 12.7 Å². The Morgan fingerprint density at radius 1 is 1.00 bits per heavy atom. The minimum atomic E-state index is -0.963. The van der Waals surface area contributed by atoms with Crippen molar-refractivity contribution in [2.75, 3.05) is 33.0 Å². The Kier molecular flexibility index (Phi) is 5.69. The van der Waals surface area contributed by atoms with E-state index in [1.165, 1.54) is 10.7 Å². The van der Waals surface area contributed by atoms with Crippen LogP contribution in [0.1, 0.15) is 11.4 Å². The van der Waals surface area contributed by atoms with Gasteiger partial charge in [0, 0.05) is 38.3 Å². The average molecular weight is 454 g/mol. The topological polar surface area (TPSA) is 85.6 Å². The molecule has 1 saturated heterocycles. The fraction of sp³-hybridized carbons (Fsp3) is 0.273. The van der Waals surface area contributed by atoms with E-state index in [0.717, 1.165) is 17.7 Å². The van der Waals surface area contributed by atoms with Gasteiger partial charge in [-0.2, -0.15) is 4.68 Å². The number of hydrogen-bond acceptors (Lipinski definition) is 7. The van der Waals surface area contributed by atoms with Gasteiger partial charge in [-0.05, 0) is 46.3 Å². The van der Waals surface area contributed by atoms with Gasteiger partial charge < -0.3 is 14.4 Å². The zero-order valence-corrected chi connectivity index (χ0v) is 17.5. The molecule has 0 N–H and O–H groups in total. The number of carbonyl (C=O) groups excluding carboxylic acids is 1. The number of carbonyl (C=O) groups is 1. The smallest absolute Gasteiger partial charge is 0.246 e. The number of ether oxygens (including phenoxy) is 2. The summed E-state index contributed by atoms with van der Waals surface area (Å²) in [5, 5.41) is 11.6. The molecule has 0 saturated carbocycles. The molecule has 0 atom stereocenters. The highest BCUT2D eigenvalue weighted by atomic mass is 19.2. The molecule has 2 aromatic carbocycles. The number of benzene rings is 2. The van der Waals surface area contributed by atoms with E-state index >= 15 is 0 Å². The second kappa shape index (κ2) is 8.94. The summed E-state index contributed by atoms with van der Waals surface area (Å²) in [4.78, 5) is 16.5. The van der Waals surface area contributed by atoms with Crippen molar-refractivity contribution < 1.29 is 23.0 Å². The Bertz CT molecular complexity index is 1210. The van der Waals surface area contributed by atoms with Gasteiger partial charge in [0.2, 0.25) is 12.7 Å². The van der Waals surface area contributed by atoms with E-state index in [0.29, 0.717) is 55.7 Å². The third kappa shape index (κ3) is 4.53. The zero-order valence-electron chi connectivity index (χ0n) is 17.5. The molecule has 0 radical (unpaired) electrons. The third-order valence-electron chi connectivity index (χ3n) is 5.55. The molecule has 170 valence electrons. The maximum Gasteiger partial charge on any atom is 0.246 e. The number of tetrazole rings is 1. The van der Waals surface area contributed by atoms with Gasteiger partial charge >= 0.3 is 0 Å². The maximum atomic E-state index is 13.6. The standard InChI is InChI=1S/C22H20F2N6O3/c23-17-4-3-16(12-18(17)24)30-21(25-26-27-30)13-28-7-9-29(10-8-28)22(31)6-2-15-1-5-19-20(11-15)33-14-32-19/h1-6,11-12H,7-10,13-14H2/b6-2-. The minimum Gasteiger partial charge on any atom is -0.454 e. The fourth-order valence-electron chi connectivity index (χ4n) is 3.74. The Balaban J connectivity index is 1.17. The monoisotopic (exact) mass is 454 g/mol. The van der Waals surface area contributed by atoms with E-state index < -0.39 is 11.6 Å². The number of fused-ring (bicyclic) bond motifs is 1. The Labute approximate surface area is 187 Å².